The highest BCUT2D eigenvalue weighted by atomic mass is 19.1. The van der Waals surface area contributed by atoms with Gasteiger partial charge >= 0.3 is 0 Å². The van der Waals surface area contributed by atoms with Crippen LogP contribution in [0.5, 0.6) is 5.75 Å². The fraction of sp³-hybridized carbons (Fsp3) is 0.273. The summed E-state index contributed by atoms with van der Waals surface area (Å²) in [6.07, 6.45) is 2.86. The van der Waals surface area contributed by atoms with Gasteiger partial charge in [0.1, 0.15) is 11.6 Å². The van der Waals surface area contributed by atoms with E-state index in [1.54, 1.807) is 47.0 Å². The summed E-state index contributed by atoms with van der Waals surface area (Å²) in [6, 6.07) is 16.0. The highest BCUT2D eigenvalue weighted by Gasteiger charge is 2.27. The first-order valence-electron chi connectivity index (χ1n) is 9.67. The lowest BCUT2D eigenvalue weighted by molar-refractivity contribution is -0.138. The molecule has 1 aliphatic rings. The molecule has 0 saturated carbocycles. The van der Waals surface area contributed by atoms with E-state index in [1.807, 2.05) is 30.3 Å². The molecule has 2 heterocycles. The Bertz CT molecular complexity index is 968. The van der Waals surface area contributed by atoms with Gasteiger partial charge < -0.3 is 14.5 Å². The third-order valence-corrected chi connectivity index (χ3v) is 5.01. The Labute approximate surface area is 169 Å². The monoisotopic (exact) mass is 394 g/mol. The maximum atomic E-state index is 14.2. The van der Waals surface area contributed by atoms with Gasteiger partial charge in [0.05, 0.1) is 5.69 Å². The molecule has 1 aromatic heterocycles. The van der Waals surface area contributed by atoms with Gasteiger partial charge in [-0.05, 0) is 31.2 Å². The predicted octanol–water partition coefficient (Wildman–Crippen LogP) is 3.13. The molecule has 0 spiro atoms. The van der Waals surface area contributed by atoms with E-state index in [0.717, 1.165) is 0 Å². The van der Waals surface area contributed by atoms with E-state index < -0.39 is 6.10 Å². The van der Waals surface area contributed by atoms with Crippen molar-refractivity contribution in [2.24, 2.45) is 0 Å². The van der Waals surface area contributed by atoms with Crippen LogP contribution in [0, 0.1) is 5.82 Å². The van der Waals surface area contributed by atoms with Crippen LogP contribution in [0.4, 0.5) is 10.3 Å². The molecular formula is C22H23FN4O2. The number of hydrogen-bond acceptors (Lipinski definition) is 4. The van der Waals surface area contributed by atoms with Gasteiger partial charge in [-0.3, -0.25) is 9.36 Å². The molecule has 1 saturated heterocycles. The van der Waals surface area contributed by atoms with Crippen LogP contribution in [0.1, 0.15) is 6.92 Å². The van der Waals surface area contributed by atoms with E-state index >= 15 is 0 Å². The first-order chi connectivity index (χ1) is 14.1. The number of carbonyl (C=O) groups is 1. The number of halogens is 1. The van der Waals surface area contributed by atoms with Gasteiger partial charge in [0.2, 0.25) is 5.95 Å². The maximum absolute atomic E-state index is 14.2. The number of amides is 1. The summed E-state index contributed by atoms with van der Waals surface area (Å²) in [5.74, 6) is 1.02. The molecule has 0 aliphatic carbocycles. The summed E-state index contributed by atoms with van der Waals surface area (Å²) in [5.41, 5.74) is 0.461. The van der Waals surface area contributed by atoms with E-state index in [4.69, 9.17) is 4.74 Å². The van der Waals surface area contributed by atoms with Crippen LogP contribution in [-0.4, -0.2) is 52.6 Å². The molecule has 4 rings (SSSR count). The van der Waals surface area contributed by atoms with Crippen molar-refractivity contribution in [2.75, 3.05) is 31.1 Å². The van der Waals surface area contributed by atoms with E-state index in [1.165, 1.54) is 6.07 Å². The molecule has 1 amide bonds. The van der Waals surface area contributed by atoms with Gasteiger partial charge in [-0.1, -0.05) is 30.3 Å². The Kier molecular flexibility index (Phi) is 5.46. The normalized spacial score (nSPS) is 15.2. The van der Waals surface area contributed by atoms with Crippen molar-refractivity contribution in [1.82, 2.24) is 14.5 Å². The lowest BCUT2D eigenvalue weighted by atomic mass is 10.2. The van der Waals surface area contributed by atoms with Crippen molar-refractivity contribution >= 4 is 11.9 Å². The Balaban J connectivity index is 1.40. The largest absolute Gasteiger partial charge is 0.481 e. The average Bonchev–Trinajstić information content (AvgIpc) is 3.24. The topological polar surface area (TPSA) is 50.6 Å². The SMILES string of the molecule is CC(Oc1ccccc1)C(=O)N1CCN(c2nccn2-c2ccccc2F)CC1. The second kappa shape index (κ2) is 8.34. The molecule has 0 N–H and O–H groups in total. The van der Waals surface area contributed by atoms with Crippen LogP contribution in [0.15, 0.2) is 67.0 Å². The van der Waals surface area contributed by atoms with E-state index in [0.29, 0.717) is 43.6 Å². The zero-order valence-electron chi connectivity index (χ0n) is 16.2. The third kappa shape index (κ3) is 4.08. The van der Waals surface area contributed by atoms with Gasteiger partial charge in [-0.25, -0.2) is 9.37 Å². The number of anilines is 1. The van der Waals surface area contributed by atoms with Crippen molar-refractivity contribution in [2.45, 2.75) is 13.0 Å². The molecule has 1 fully saturated rings. The quantitative estimate of drug-likeness (QED) is 0.667. The number of para-hydroxylation sites is 2. The fourth-order valence-corrected chi connectivity index (χ4v) is 3.50. The van der Waals surface area contributed by atoms with E-state index in [9.17, 15) is 9.18 Å². The van der Waals surface area contributed by atoms with Crippen molar-refractivity contribution in [1.29, 1.82) is 0 Å². The summed E-state index contributed by atoms with van der Waals surface area (Å²) in [6.45, 7) is 4.13. The third-order valence-electron chi connectivity index (χ3n) is 5.01. The van der Waals surface area contributed by atoms with Crippen LogP contribution < -0.4 is 9.64 Å². The molecule has 1 aliphatic heterocycles. The summed E-state index contributed by atoms with van der Waals surface area (Å²) in [5, 5.41) is 0. The molecule has 0 radical (unpaired) electrons. The lowest BCUT2D eigenvalue weighted by Crippen LogP contribution is -2.52. The van der Waals surface area contributed by atoms with Crippen LogP contribution in [0.25, 0.3) is 5.69 Å². The molecule has 7 heteroatoms. The Morgan fingerprint density at radius 3 is 2.45 bits per heavy atom. The fourth-order valence-electron chi connectivity index (χ4n) is 3.50. The van der Waals surface area contributed by atoms with Gasteiger partial charge in [-0.2, -0.15) is 0 Å². The van der Waals surface area contributed by atoms with Crippen molar-refractivity contribution in [3.05, 3.63) is 72.8 Å². The number of imidazole rings is 1. The Morgan fingerprint density at radius 2 is 1.72 bits per heavy atom. The van der Waals surface area contributed by atoms with Crippen molar-refractivity contribution in [3.63, 3.8) is 0 Å². The van der Waals surface area contributed by atoms with Gasteiger partial charge in [-0.15, -0.1) is 0 Å². The smallest absolute Gasteiger partial charge is 0.263 e. The molecule has 150 valence electrons. The molecule has 3 aromatic rings. The summed E-state index contributed by atoms with van der Waals surface area (Å²) < 4.78 is 21.7. The van der Waals surface area contributed by atoms with Crippen LogP contribution >= 0.6 is 0 Å². The van der Waals surface area contributed by atoms with Crippen LogP contribution in [-0.2, 0) is 4.79 Å². The van der Waals surface area contributed by atoms with Crippen LogP contribution in [0.2, 0.25) is 0 Å². The average molecular weight is 394 g/mol. The molecule has 1 atom stereocenters. The van der Waals surface area contributed by atoms with E-state index in [2.05, 4.69) is 9.88 Å². The standard InChI is InChI=1S/C22H23FN4O2/c1-17(29-18-7-3-2-4-8-18)21(28)25-13-15-26(16-14-25)22-24-11-12-27(22)20-10-6-5-9-19(20)23/h2-12,17H,13-16H2,1H3. The first-order valence-corrected chi connectivity index (χ1v) is 9.67. The second-order valence-corrected chi connectivity index (χ2v) is 6.93. The van der Waals surface area contributed by atoms with E-state index in [-0.39, 0.29) is 11.7 Å². The molecular weight excluding hydrogens is 371 g/mol. The summed E-state index contributed by atoms with van der Waals surface area (Å²) >= 11 is 0. The second-order valence-electron chi connectivity index (χ2n) is 6.93. The van der Waals surface area contributed by atoms with Crippen LogP contribution in [0.3, 0.4) is 0 Å². The van der Waals surface area contributed by atoms with Gasteiger partial charge in [0.25, 0.3) is 5.91 Å². The number of ether oxygens (including phenoxy) is 1. The van der Waals surface area contributed by atoms with Gasteiger partial charge in [0, 0.05) is 38.6 Å². The minimum absolute atomic E-state index is 0.0362. The van der Waals surface area contributed by atoms with Crippen molar-refractivity contribution < 1.29 is 13.9 Å². The molecule has 1 unspecified atom stereocenters. The molecule has 6 nitrogen and oxygen atoms in total. The minimum Gasteiger partial charge on any atom is -0.481 e. The maximum Gasteiger partial charge on any atom is 0.263 e. The zero-order valence-corrected chi connectivity index (χ0v) is 16.2. The Morgan fingerprint density at radius 1 is 1.03 bits per heavy atom. The highest BCUT2D eigenvalue weighted by Crippen LogP contribution is 2.22. The number of nitrogens with zero attached hydrogens (tertiary/aromatic N) is 4. The number of benzene rings is 2. The Hall–Kier alpha value is -3.35. The van der Waals surface area contributed by atoms with Crippen molar-refractivity contribution in [3.8, 4) is 11.4 Å². The summed E-state index contributed by atoms with van der Waals surface area (Å²) in [4.78, 5) is 21.0. The number of carbonyl (C=O) groups excluding carboxylic acids is 1. The number of piperazine rings is 1. The zero-order chi connectivity index (χ0) is 20.2. The number of aromatic nitrogens is 2. The number of rotatable bonds is 5. The lowest BCUT2D eigenvalue weighted by Gasteiger charge is -2.36. The molecule has 0 bridgehead atoms. The number of hydrogen-bond donors (Lipinski definition) is 0. The minimum atomic E-state index is -0.552. The summed E-state index contributed by atoms with van der Waals surface area (Å²) in [7, 11) is 0. The molecule has 2 aromatic carbocycles. The first kappa shape index (κ1) is 19.0. The predicted molar refractivity (Wildman–Crippen MR) is 109 cm³/mol. The van der Waals surface area contributed by atoms with Gasteiger partial charge in [0.15, 0.2) is 6.10 Å². The molecule has 29 heavy (non-hydrogen) atoms. The highest BCUT2D eigenvalue weighted by molar-refractivity contribution is 5.81.